The molecule has 2 aliphatic heterocycles. The number of likely N-dealkylation sites (N-methyl/N-ethyl adjacent to an activating group) is 1. The summed E-state index contributed by atoms with van der Waals surface area (Å²) >= 11 is 0. The number of hydrogen-bond donors (Lipinski definition) is 1. The Balaban J connectivity index is 1.91. The van der Waals surface area contributed by atoms with Crippen LogP contribution in [0.5, 0.6) is 5.75 Å². The zero-order chi connectivity index (χ0) is 23.3. The third-order valence-corrected chi connectivity index (χ3v) is 8.47. The highest BCUT2D eigenvalue weighted by atomic mass is 32.2. The second-order valence-electron chi connectivity index (χ2n) is 9.22. The van der Waals surface area contributed by atoms with Crippen LogP contribution in [-0.4, -0.2) is 81.4 Å². The molecule has 1 aromatic carbocycles. The van der Waals surface area contributed by atoms with Gasteiger partial charge in [-0.05, 0) is 57.4 Å². The molecule has 0 saturated carbocycles. The van der Waals surface area contributed by atoms with Gasteiger partial charge < -0.3 is 19.5 Å². The van der Waals surface area contributed by atoms with Crippen LogP contribution in [0.4, 0.5) is 0 Å². The molecule has 8 heteroatoms. The molecular formula is C24H38N2O5S. The van der Waals surface area contributed by atoms with E-state index in [0.29, 0.717) is 24.8 Å². The van der Waals surface area contributed by atoms with Crippen LogP contribution in [0.15, 0.2) is 29.2 Å². The van der Waals surface area contributed by atoms with E-state index in [1.807, 2.05) is 26.0 Å². The first-order valence-electron chi connectivity index (χ1n) is 11.6. The molecule has 1 fully saturated rings. The van der Waals surface area contributed by atoms with Crippen LogP contribution in [0.25, 0.3) is 6.08 Å². The molecule has 1 N–H and O–H groups in total. The van der Waals surface area contributed by atoms with Crippen molar-refractivity contribution in [2.24, 2.45) is 11.8 Å². The minimum atomic E-state index is -3.80. The first-order valence-corrected chi connectivity index (χ1v) is 13.0. The van der Waals surface area contributed by atoms with E-state index in [-0.39, 0.29) is 23.5 Å². The summed E-state index contributed by atoms with van der Waals surface area (Å²) in [5.41, 5.74) is 0.894. The van der Waals surface area contributed by atoms with E-state index >= 15 is 0 Å². The summed E-state index contributed by atoms with van der Waals surface area (Å²) in [6.45, 7) is 9.08. The van der Waals surface area contributed by atoms with Gasteiger partial charge in [-0.1, -0.05) is 25.1 Å². The number of allylic oxidation sites excluding steroid dienone is 1. The molecular weight excluding hydrogens is 428 g/mol. The number of aliphatic hydroxyl groups is 1. The van der Waals surface area contributed by atoms with E-state index in [1.54, 1.807) is 25.1 Å². The lowest BCUT2D eigenvalue weighted by Crippen LogP contribution is -2.50. The molecule has 0 spiro atoms. The molecule has 0 amide bonds. The Bertz CT molecular complexity index is 882. The highest BCUT2D eigenvalue weighted by Gasteiger charge is 2.38. The maximum absolute atomic E-state index is 13.5. The van der Waals surface area contributed by atoms with Crippen molar-refractivity contribution in [2.45, 2.75) is 50.7 Å². The van der Waals surface area contributed by atoms with Crippen molar-refractivity contribution >= 4 is 16.1 Å². The van der Waals surface area contributed by atoms with Crippen molar-refractivity contribution in [3.05, 3.63) is 29.8 Å². The fourth-order valence-corrected chi connectivity index (χ4v) is 6.33. The first kappa shape index (κ1) is 25.2. The summed E-state index contributed by atoms with van der Waals surface area (Å²) < 4.78 is 40.3. The van der Waals surface area contributed by atoms with Crippen molar-refractivity contribution in [3.63, 3.8) is 0 Å². The van der Waals surface area contributed by atoms with Gasteiger partial charge in [0.05, 0.1) is 6.61 Å². The van der Waals surface area contributed by atoms with Crippen LogP contribution in [0.3, 0.4) is 0 Å². The van der Waals surface area contributed by atoms with Crippen LogP contribution >= 0.6 is 0 Å². The summed E-state index contributed by atoms with van der Waals surface area (Å²) in [7, 11) is -1.69. The Labute approximate surface area is 193 Å². The molecule has 0 aromatic heterocycles. The highest BCUT2D eigenvalue weighted by Crippen LogP contribution is 2.34. The van der Waals surface area contributed by atoms with E-state index in [9.17, 15) is 13.5 Å². The summed E-state index contributed by atoms with van der Waals surface area (Å²) in [4.78, 5) is 2.46. The summed E-state index contributed by atoms with van der Waals surface area (Å²) in [6.07, 6.45) is 5.81. The highest BCUT2D eigenvalue weighted by molar-refractivity contribution is 7.89. The Morgan fingerprint density at radius 2 is 2.00 bits per heavy atom. The van der Waals surface area contributed by atoms with Crippen molar-refractivity contribution in [3.8, 4) is 5.75 Å². The number of rotatable bonds is 7. The van der Waals surface area contributed by atoms with Gasteiger partial charge in [0, 0.05) is 44.8 Å². The number of fused-ring (bicyclic) bond motifs is 1. The fourth-order valence-electron chi connectivity index (χ4n) is 4.51. The number of aliphatic hydroxyl groups excluding tert-OH is 1. The van der Waals surface area contributed by atoms with Gasteiger partial charge in [0.2, 0.25) is 10.0 Å². The Hall–Kier alpha value is -1.45. The molecule has 7 nitrogen and oxygen atoms in total. The van der Waals surface area contributed by atoms with E-state index in [0.717, 1.165) is 38.2 Å². The molecule has 3 atom stereocenters. The van der Waals surface area contributed by atoms with Gasteiger partial charge in [-0.3, -0.25) is 0 Å². The normalized spacial score (nSPS) is 25.8. The molecule has 2 aliphatic rings. The van der Waals surface area contributed by atoms with Gasteiger partial charge in [0.1, 0.15) is 16.7 Å². The van der Waals surface area contributed by atoms with Crippen molar-refractivity contribution in [1.29, 1.82) is 0 Å². The predicted molar refractivity (Wildman–Crippen MR) is 126 cm³/mol. The van der Waals surface area contributed by atoms with E-state index in [1.165, 1.54) is 4.31 Å². The zero-order valence-corrected chi connectivity index (χ0v) is 20.6. The van der Waals surface area contributed by atoms with Gasteiger partial charge >= 0.3 is 0 Å². The van der Waals surface area contributed by atoms with Crippen LogP contribution in [0.2, 0.25) is 0 Å². The lowest BCUT2D eigenvalue weighted by molar-refractivity contribution is 0.0402. The minimum absolute atomic E-state index is 0.0468. The molecule has 1 saturated heterocycles. The predicted octanol–water partition coefficient (Wildman–Crippen LogP) is 2.85. The van der Waals surface area contributed by atoms with E-state index < -0.39 is 16.1 Å². The third kappa shape index (κ3) is 5.91. The second kappa shape index (κ2) is 11.1. The van der Waals surface area contributed by atoms with Gasteiger partial charge in [0.25, 0.3) is 0 Å². The topological polar surface area (TPSA) is 79.3 Å². The Morgan fingerprint density at radius 1 is 1.28 bits per heavy atom. The maximum Gasteiger partial charge on any atom is 0.247 e. The average Bonchev–Trinajstić information content (AvgIpc) is 2.76. The second-order valence-corrected chi connectivity index (χ2v) is 11.1. The van der Waals surface area contributed by atoms with Crippen molar-refractivity contribution < 1.29 is 23.0 Å². The van der Waals surface area contributed by atoms with Crippen LogP contribution in [0.1, 0.15) is 39.2 Å². The van der Waals surface area contributed by atoms with Crippen LogP contribution in [0, 0.1) is 11.8 Å². The number of hydrogen-bond acceptors (Lipinski definition) is 6. The molecule has 0 unspecified atom stereocenters. The number of nitrogens with zero attached hydrogens (tertiary/aromatic N) is 2. The van der Waals surface area contributed by atoms with E-state index in [4.69, 9.17) is 9.47 Å². The first-order chi connectivity index (χ1) is 15.3. The summed E-state index contributed by atoms with van der Waals surface area (Å²) in [5.74, 6) is 0.943. The SMILES string of the molecule is C/C=C/c1ccc2c(c1)O[C@H](CN(C)CC1CCOCC1)[C@H](C)CN([C@H](C)CO)S2(=O)=O. The lowest BCUT2D eigenvalue weighted by atomic mass is 9.98. The largest absolute Gasteiger partial charge is 0.487 e. The number of sulfonamides is 1. The molecule has 0 bridgehead atoms. The van der Waals surface area contributed by atoms with Gasteiger partial charge in [-0.15, -0.1) is 0 Å². The summed E-state index contributed by atoms with van der Waals surface area (Å²) in [5, 5.41) is 9.76. The third-order valence-electron chi connectivity index (χ3n) is 6.45. The van der Waals surface area contributed by atoms with Crippen molar-refractivity contribution in [2.75, 3.05) is 46.5 Å². The van der Waals surface area contributed by atoms with E-state index in [2.05, 4.69) is 11.9 Å². The Kier molecular flexibility index (Phi) is 8.75. The Morgan fingerprint density at radius 3 is 2.66 bits per heavy atom. The molecule has 0 aliphatic carbocycles. The monoisotopic (exact) mass is 466 g/mol. The summed E-state index contributed by atoms with van der Waals surface area (Å²) in [6, 6.07) is 4.71. The molecule has 32 heavy (non-hydrogen) atoms. The number of benzene rings is 1. The van der Waals surface area contributed by atoms with Gasteiger partial charge in [-0.2, -0.15) is 4.31 Å². The van der Waals surface area contributed by atoms with Crippen LogP contribution < -0.4 is 4.74 Å². The quantitative estimate of drug-likeness (QED) is 0.666. The molecule has 3 rings (SSSR count). The molecule has 0 radical (unpaired) electrons. The molecule has 2 heterocycles. The van der Waals surface area contributed by atoms with Crippen molar-refractivity contribution in [1.82, 2.24) is 9.21 Å². The smallest absolute Gasteiger partial charge is 0.247 e. The number of ether oxygens (including phenoxy) is 2. The standard InChI is InChI=1S/C24H38N2O5S/c1-5-6-20-7-8-24-22(13-20)31-23(16-25(4)15-21-9-11-30-12-10-21)18(2)14-26(19(3)17-27)32(24,28)29/h5-8,13,18-19,21,23,27H,9-12,14-17H2,1-4H3/b6-5+/t18-,19-,23-/m1/s1. The maximum atomic E-state index is 13.5. The van der Waals surface area contributed by atoms with Crippen LogP contribution in [-0.2, 0) is 14.8 Å². The minimum Gasteiger partial charge on any atom is -0.487 e. The zero-order valence-electron chi connectivity index (χ0n) is 19.7. The van der Waals surface area contributed by atoms with Gasteiger partial charge in [0.15, 0.2) is 0 Å². The fraction of sp³-hybridized carbons (Fsp3) is 0.667. The van der Waals surface area contributed by atoms with Gasteiger partial charge in [-0.25, -0.2) is 8.42 Å². The lowest BCUT2D eigenvalue weighted by Gasteiger charge is -2.38. The molecule has 180 valence electrons. The average molecular weight is 467 g/mol. The molecule has 1 aromatic rings.